The zero-order valence-electron chi connectivity index (χ0n) is 15.9. The highest BCUT2D eigenvalue weighted by atomic mass is 35.5. The maximum absolute atomic E-state index is 12.7. The van der Waals surface area contributed by atoms with Crippen LogP contribution >= 0.6 is 12.4 Å². The number of hydrogen-bond donors (Lipinski definition) is 1. The fourth-order valence-electron chi connectivity index (χ4n) is 3.04. The second-order valence-electron chi connectivity index (χ2n) is 6.70. The zero-order valence-corrected chi connectivity index (χ0v) is 16.7. The van der Waals surface area contributed by atoms with Gasteiger partial charge in [-0.25, -0.2) is 0 Å². The summed E-state index contributed by atoms with van der Waals surface area (Å²) in [5.74, 6) is 0.627. The Morgan fingerprint density at radius 2 is 1.54 bits per heavy atom. The lowest BCUT2D eigenvalue weighted by Gasteiger charge is -2.35. The van der Waals surface area contributed by atoms with Crippen molar-refractivity contribution < 1.29 is 14.3 Å². The summed E-state index contributed by atoms with van der Waals surface area (Å²) < 4.78 is 5.75. The van der Waals surface area contributed by atoms with Crippen molar-refractivity contribution >= 4 is 24.2 Å². The smallest absolute Gasteiger partial charge is 0.253 e. The minimum absolute atomic E-state index is 0. The molecule has 0 aliphatic carbocycles. The third-order valence-corrected chi connectivity index (χ3v) is 4.62. The predicted molar refractivity (Wildman–Crippen MR) is 111 cm³/mol. The Morgan fingerprint density at radius 3 is 2.11 bits per heavy atom. The summed E-state index contributed by atoms with van der Waals surface area (Å²) in [6.07, 6.45) is 0. The molecule has 2 aromatic carbocycles. The van der Waals surface area contributed by atoms with Gasteiger partial charge in [-0.3, -0.25) is 9.59 Å². The fraction of sp³-hybridized carbons (Fsp3) is 0.333. The summed E-state index contributed by atoms with van der Waals surface area (Å²) in [5, 5.41) is 0. The van der Waals surface area contributed by atoms with Crippen LogP contribution in [-0.2, 0) is 11.4 Å². The van der Waals surface area contributed by atoms with Crippen molar-refractivity contribution in [2.24, 2.45) is 5.73 Å². The molecule has 1 saturated heterocycles. The van der Waals surface area contributed by atoms with E-state index >= 15 is 0 Å². The highest BCUT2D eigenvalue weighted by Crippen LogP contribution is 2.16. The summed E-state index contributed by atoms with van der Waals surface area (Å²) in [6, 6.07) is 16.6. The topological polar surface area (TPSA) is 75.9 Å². The molecule has 2 amide bonds. The maximum Gasteiger partial charge on any atom is 0.253 e. The van der Waals surface area contributed by atoms with Crippen LogP contribution in [0.2, 0.25) is 0 Å². The van der Waals surface area contributed by atoms with Crippen LogP contribution in [0.15, 0.2) is 54.6 Å². The van der Waals surface area contributed by atoms with E-state index in [0.29, 0.717) is 38.3 Å². The first-order valence-electron chi connectivity index (χ1n) is 9.15. The molecule has 2 N–H and O–H groups in total. The Kier molecular flexibility index (Phi) is 7.84. The molecule has 1 aliphatic heterocycles. The Labute approximate surface area is 171 Å². The molecular weight excluding hydrogens is 378 g/mol. The Bertz CT molecular complexity index is 773. The lowest BCUT2D eigenvalue weighted by atomic mass is 10.1. The summed E-state index contributed by atoms with van der Waals surface area (Å²) in [4.78, 5) is 28.1. The number of hydrogen-bond acceptors (Lipinski definition) is 4. The number of carbonyl (C=O) groups excluding carboxylic acids is 2. The van der Waals surface area contributed by atoms with Crippen LogP contribution in [0.3, 0.4) is 0 Å². The molecule has 1 heterocycles. The van der Waals surface area contributed by atoms with Crippen molar-refractivity contribution in [3.05, 3.63) is 65.7 Å². The minimum atomic E-state index is -0.504. The van der Waals surface area contributed by atoms with Gasteiger partial charge in [0.25, 0.3) is 5.91 Å². The van der Waals surface area contributed by atoms with Gasteiger partial charge in [0.2, 0.25) is 5.91 Å². The molecule has 0 unspecified atom stereocenters. The standard InChI is InChI=1S/C21H25N3O3.ClH/c1-16(22)20(25)23-11-13-24(14-12-23)21(26)18-7-9-19(10-8-18)27-15-17-5-3-2-4-6-17;/h2-10,16H,11-15,22H2,1H3;1H/t16-;/m0./s1. The van der Waals surface area contributed by atoms with Gasteiger partial charge in [-0.15, -0.1) is 12.4 Å². The van der Waals surface area contributed by atoms with Gasteiger partial charge < -0.3 is 20.3 Å². The number of benzene rings is 2. The maximum atomic E-state index is 12.7. The average Bonchev–Trinajstić information content (AvgIpc) is 2.72. The molecule has 2 aromatic rings. The fourth-order valence-corrected chi connectivity index (χ4v) is 3.04. The summed E-state index contributed by atoms with van der Waals surface area (Å²) in [7, 11) is 0. The van der Waals surface area contributed by atoms with Crippen LogP contribution in [0.4, 0.5) is 0 Å². The molecule has 0 radical (unpaired) electrons. The molecule has 1 atom stereocenters. The molecule has 7 heteroatoms. The SMILES string of the molecule is C[C@H](N)C(=O)N1CCN(C(=O)c2ccc(OCc3ccccc3)cc2)CC1.Cl. The van der Waals surface area contributed by atoms with Gasteiger partial charge in [-0.1, -0.05) is 30.3 Å². The van der Waals surface area contributed by atoms with E-state index in [-0.39, 0.29) is 24.2 Å². The number of nitrogens with two attached hydrogens (primary N) is 1. The van der Waals surface area contributed by atoms with Crippen molar-refractivity contribution in [1.29, 1.82) is 0 Å². The van der Waals surface area contributed by atoms with E-state index in [1.54, 1.807) is 28.9 Å². The first-order valence-corrected chi connectivity index (χ1v) is 9.15. The molecule has 0 saturated carbocycles. The van der Waals surface area contributed by atoms with Gasteiger partial charge in [0.1, 0.15) is 12.4 Å². The van der Waals surface area contributed by atoms with Gasteiger partial charge in [-0.2, -0.15) is 0 Å². The molecular formula is C21H26ClN3O3. The van der Waals surface area contributed by atoms with Crippen molar-refractivity contribution in [3.63, 3.8) is 0 Å². The number of nitrogens with zero attached hydrogens (tertiary/aromatic N) is 2. The van der Waals surface area contributed by atoms with Crippen molar-refractivity contribution in [3.8, 4) is 5.75 Å². The Morgan fingerprint density at radius 1 is 0.964 bits per heavy atom. The van der Waals surface area contributed by atoms with Gasteiger partial charge in [0.15, 0.2) is 0 Å². The first kappa shape index (κ1) is 21.7. The van der Waals surface area contributed by atoms with Gasteiger partial charge in [-0.05, 0) is 36.8 Å². The molecule has 1 fully saturated rings. The third-order valence-electron chi connectivity index (χ3n) is 4.62. The van der Waals surface area contributed by atoms with Crippen LogP contribution < -0.4 is 10.5 Å². The van der Waals surface area contributed by atoms with Gasteiger partial charge in [0.05, 0.1) is 6.04 Å². The van der Waals surface area contributed by atoms with E-state index in [4.69, 9.17) is 10.5 Å². The van der Waals surface area contributed by atoms with E-state index in [9.17, 15) is 9.59 Å². The Balaban J connectivity index is 0.00000280. The van der Waals surface area contributed by atoms with Gasteiger partial charge in [0, 0.05) is 31.7 Å². The lowest BCUT2D eigenvalue weighted by Crippen LogP contribution is -2.53. The van der Waals surface area contributed by atoms with E-state index in [2.05, 4.69) is 0 Å². The second-order valence-corrected chi connectivity index (χ2v) is 6.70. The van der Waals surface area contributed by atoms with Crippen molar-refractivity contribution in [2.75, 3.05) is 26.2 Å². The zero-order chi connectivity index (χ0) is 19.2. The Hall–Kier alpha value is -2.57. The van der Waals surface area contributed by atoms with Crippen molar-refractivity contribution in [1.82, 2.24) is 9.80 Å². The summed E-state index contributed by atoms with van der Waals surface area (Å²) in [6.45, 7) is 4.24. The molecule has 28 heavy (non-hydrogen) atoms. The van der Waals surface area contributed by atoms with Crippen LogP contribution in [0.1, 0.15) is 22.8 Å². The average molecular weight is 404 g/mol. The van der Waals surface area contributed by atoms with E-state index in [1.807, 2.05) is 42.5 Å². The first-order chi connectivity index (χ1) is 13.0. The van der Waals surface area contributed by atoms with E-state index < -0.39 is 6.04 Å². The number of piperazine rings is 1. The largest absolute Gasteiger partial charge is 0.489 e. The van der Waals surface area contributed by atoms with Crippen molar-refractivity contribution in [2.45, 2.75) is 19.6 Å². The normalized spacial score (nSPS) is 14.8. The van der Waals surface area contributed by atoms with Crippen LogP contribution in [0.5, 0.6) is 5.75 Å². The second kappa shape index (κ2) is 10.1. The van der Waals surface area contributed by atoms with E-state index in [0.717, 1.165) is 11.3 Å². The number of ether oxygens (including phenoxy) is 1. The molecule has 150 valence electrons. The predicted octanol–water partition coefficient (Wildman–Crippen LogP) is 2.32. The monoisotopic (exact) mass is 403 g/mol. The quantitative estimate of drug-likeness (QED) is 0.831. The van der Waals surface area contributed by atoms with Crippen LogP contribution in [0, 0.1) is 0 Å². The van der Waals surface area contributed by atoms with E-state index in [1.165, 1.54) is 0 Å². The minimum Gasteiger partial charge on any atom is -0.489 e. The third kappa shape index (κ3) is 5.47. The number of amides is 2. The molecule has 1 aliphatic rings. The molecule has 0 bridgehead atoms. The summed E-state index contributed by atoms with van der Waals surface area (Å²) >= 11 is 0. The van der Waals surface area contributed by atoms with Crippen LogP contribution in [0.25, 0.3) is 0 Å². The number of rotatable bonds is 5. The number of carbonyl (C=O) groups is 2. The molecule has 6 nitrogen and oxygen atoms in total. The molecule has 0 aromatic heterocycles. The molecule has 0 spiro atoms. The van der Waals surface area contributed by atoms with Crippen LogP contribution in [-0.4, -0.2) is 53.8 Å². The highest BCUT2D eigenvalue weighted by Gasteiger charge is 2.26. The molecule has 3 rings (SSSR count). The van der Waals surface area contributed by atoms with Gasteiger partial charge >= 0.3 is 0 Å². The lowest BCUT2D eigenvalue weighted by molar-refractivity contribution is -0.133. The number of halogens is 1. The summed E-state index contributed by atoms with van der Waals surface area (Å²) in [5.41, 5.74) is 7.36. The highest BCUT2D eigenvalue weighted by molar-refractivity contribution is 5.94.